The van der Waals surface area contributed by atoms with Gasteiger partial charge in [-0.2, -0.15) is 10.2 Å². The Labute approximate surface area is 244 Å². The third-order valence-electron chi connectivity index (χ3n) is 5.36. The van der Waals surface area contributed by atoms with Gasteiger partial charge in [-0.25, -0.2) is 28.6 Å². The predicted molar refractivity (Wildman–Crippen MR) is 141 cm³/mol. The van der Waals surface area contributed by atoms with Crippen molar-refractivity contribution in [3.8, 4) is 22.5 Å². The number of pyridine rings is 2. The molecule has 14 nitrogen and oxygen atoms in total. The number of aromatic nitrogens is 8. The van der Waals surface area contributed by atoms with Crippen LogP contribution in [0.2, 0.25) is 0 Å². The number of carboxylic acid groups (broad SMARTS) is 1. The molecule has 15 heteroatoms. The van der Waals surface area contributed by atoms with E-state index in [4.69, 9.17) is 9.84 Å². The van der Waals surface area contributed by atoms with Gasteiger partial charge in [0.25, 0.3) is 0 Å². The second-order valence-corrected chi connectivity index (χ2v) is 7.79. The Balaban J connectivity index is 0.000000268. The van der Waals surface area contributed by atoms with Crippen LogP contribution >= 0.6 is 0 Å². The molecule has 6 heterocycles. The molecular formula is C26H23LiN8O6. The van der Waals surface area contributed by atoms with E-state index in [1.807, 2.05) is 18.2 Å². The van der Waals surface area contributed by atoms with Crippen LogP contribution in [0.3, 0.4) is 0 Å². The molecule has 0 aliphatic heterocycles. The maximum Gasteiger partial charge on any atom is 1.00 e. The molecule has 41 heavy (non-hydrogen) atoms. The summed E-state index contributed by atoms with van der Waals surface area (Å²) < 4.78 is 8.03. The van der Waals surface area contributed by atoms with Gasteiger partial charge in [-0.05, 0) is 43.3 Å². The normalized spacial score (nSPS) is 9.88. The molecule has 6 aromatic rings. The molecule has 0 saturated carbocycles. The Kier molecular flexibility index (Phi) is 11.3. The second kappa shape index (κ2) is 14.4. The zero-order chi connectivity index (χ0) is 26.5. The summed E-state index contributed by atoms with van der Waals surface area (Å²) in [5, 5.41) is 17.3. The van der Waals surface area contributed by atoms with E-state index in [-0.39, 0.29) is 35.4 Å². The molecular weight excluding hydrogens is 527 g/mol. The number of rotatable bonds is 5. The SMILES string of the molecule is CCOC(=O)c1ccnn2cc(-c3cccnc3)nc12.O.O=C(O)c1ccnn2cc(-c3cccnc3)nc12.[Li+].[OH-]. The Morgan fingerprint density at radius 3 is 1.73 bits per heavy atom. The van der Waals surface area contributed by atoms with E-state index < -0.39 is 11.9 Å². The summed E-state index contributed by atoms with van der Waals surface area (Å²) in [6, 6.07) is 10.4. The van der Waals surface area contributed by atoms with Crippen LogP contribution < -0.4 is 18.9 Å². The Bertz CT molecular complexity index is 1750. The minimum absolute atomic E-state index is 0. The van der Waals surface area contributed by atoms with Gasteiger partial charge in [0.2, 0.25) is 0 Å². The number of carbonyl (C=O) groups excluding carboxylic acids is 1. The topological polar surface area (TPSA) is 211 Å². The van der Waals surface area contributed by atoms with Crippen molar-refractivity contribution in [3.63, 3.8) is 0 Å². The third-order valence-corrected chi connectivity index (χ3v) is 5.36. The Morgan fingerprint density at radius 2 is 1.29 bits per heavy atom. The van der Waals surface area contributed by atoms with E-state index in [1.54, 1.807) is 66.9 Å². The maximum absolute atomic E-state index is 11.9. The number of aromatic carboxylic acids is 1. The Hall–Kier alpha value is -5.00. The zero-order valence-electron chi connectivity index (χ0n) is 22.0. The largest absolute Gasteiger partial charge is 1.00 e. The molecule has 204 valence electrons. The van der Waals surface area contributed by atoms with E-state index in [2.05, 4.69) is 30.1 Å². The second-order valence-electron chi connectivity index (χ2n) is 7.79. The number of esters is 1. The van der Waals surface area contributed by atoms with Crippen molar-refractivity contribution in [1.82, 2.24) is 39.2 Å². The molecule has 0 bridgehead atoms. The van der Waals surface area contributed by atoms with Gasteiger partial charge in [0.15, 0.2) is 11.3 Å². The van der Waals surface area contributed by atoms with Crippen LogP contribution in [-0.2, 0) is 4.74 Å². The summed E-state index contributed by atoms with van der Waals surface area (Å²) in [5.41, 5.74) is 4.37. The summed E-state index contributed by atoms with van der Waals surface area (Å²) in [6.07, 6.45) is 13.2. The number of carbonyl (C=O) groups is 2. The fourth-order valence-electron chi connectivity index (χ4n) is 3.64. The first-order chi connectivity index (χ1) is 18.5. The molecule has 0 radical (unpaired) electrons. The van der Waals surface area contributed by atoms with Gasteiger partial charge in [0.05, 0.1) is 30.4 Å². The average Bonchev–Trinajstić information content (AvgIpc) is 3.59. The summed E-state index contributed by atoms with van der Waals surface area (Å²) in [6.45, 7) is 2.09. The molecule has 4 N–H and O–H groups in total. The maximum atomic E-state index is 11.9. The standard InChI is InChI=1S/C14H12N4O2.C12H8N4O2.Li.2H2O/c1-2-20-14(19)11-5-7-16-18-9-12(17-13(11)18)10-4-3-6-15-8-10;17-12(18)9-3-5-14-16-7-10(15-11(9)16)8-2-1-4-13-6-8;;;/h3-9H,2H2,1H3;1-7H,(H,17,18);;2*1H2/q;;+1;;/p-1. The fourth-order valence-corrected chi connectivity index (χ4v) is 3.64. The third kappa shape index (κ3) is 6.96. The van der Waals surface area contributed by atoms with Crippen molar-refractivity contribution in [1.29, 1.82) is 0 Å². The molecule has 0 saturated heterocycles. The van der Waals surface area contributed by atoms with Crippen LogP contribution in [0.15, 0.2) is 86.0 Å². The van der Waals surface area contributed by atoms with E-state index in [0.717, 1.165) is 11.1 Å². The van der Waals surface area contributed by atoms with Gasteiger partial charge in [-0.1, -0.05) is 0 Å². The first-order valence-electron chi connectivity index (χ1n) is 11.4. The van der Waals surface area contributed by atoms with Gasteiger partial charge in [0.1, 0.15) is 11.1 Å². The van der Waals surface area contributed by atoms with Crippen molar-refractivity contribution in [2.24, 2.45) is 0 Å². The Morgan fingerprint density at radius 1 is 0.805 bits per heavy atom. The van der Waals surface area contributed by atoms with Crippen molar-refractivity contribution in [2.75, 3.05) is 6.61 Å². The van der Waals surface area contributed by atoms with Crippen LogP contribution in [0.5, 0.6) is 0 Å². The van der Waals surface area contributed by atoms with Gasteiger partial charge in [0, 0.05) is 48.3 Å². The minimum Gasteiger partial charge on any atom is -0.870 e. The summed E-state index contributed by atoms with van der Waals surface area (Å²) in [5.74, 6) is -1.42. The molecule has 0 aliphatic carbocycles. The molecule has 0 spiro atoms. The van der Waals surface area contributed by atoms with Crippen molar-refractivity contribution >= 4 is 23.2 Å². The van der Waals surface area contributed by atoms with Crippen LogP contribution in [0.4, 0.5) is 0 Å². The predicted octanol–water partition coefficient (Wildman–Crippen LogP) is -0.540. The number of nitrogens with zero attached hydrogens (tertiary/aromatic N) is 8. The van der Waals surface area contributed by atoms with Crippen molar-refractivity contribution < 1.29 is 49.2 Å². The number of imidazole rings is 2. The van der Waals surface area contributed by atoms with Crippen LogP contribution in [0.25, 0.3) is 33.8 Å². The first kappa shape index (κ1) is 32.2. The molecule has 0 unspecified atom stereocenters. The van der Waals surface area contributed by atoms with E-state index in [9.17, 15) is 9.59 Å². The summed E-state index contributed by atoms with van der Waals surface area (Å²) in [7, 11) is 0. The van der Waals surface area contributed by atoms with Crippen LogP contribution in [0, 0.1) is 0 Å². The number of ether oxygens (including phenoxy) is 1. The molecule has 0 fully saturated rings. The zero-order valence-corrected chi connectivity index (χ0v) is 22.0. The van der Waals surface area contributed by atoms with Gasteiger partial charge in [-0.15, -0.1) is 0 Å². The van der Waals surface area contributed by atoms with E-state index in [1.165, 1.54) is 16.8 Å². The minimum atomic E-state index is -1.02. The molecule has 0 atom stereocenters. The fraction of sp³-hybridized carbons (Fsp3) is 0.0769. The number of carboxylic acids is 1. The molecule has 6 rings (SSSR count). The van der Waals surface area contributed by atoms with Crippen LogP contribution in [0.1, 0.15) is 27.6 Å². The molecule has 6 aromatic heterocycles. The van der Waals surface area contributed by atoms with E-state index >= 15 is 0 Å². The molecule has 0 aromatic carbocycles. The first-order valence-corrected chi connectivity index (χ1v) is 11.4. The monoisotopic (exact) mass is 550 g/mol. The summed E-state index contributed by atoms with van der Waals surface area (Å²) >= 11 is 0. The summed E-state index contributed by atoms with van der Waals surface area (Å²) in [4.78, 5) is 39.7. The quantitative estimate of drug-likeness (QED) is 0.213. The number of hydrogen-bond donors (Lipinski definition) is 1. The number of fused-ring (bicyclic) bond motifs is 2. The number of hydrogen-bond acceptors (Lipinski definition) is 10. The van der Waals surface area contributed by atoms with Crippen molar-refractivity contribution in [3.05, 3.63) is 97.1 Å². The smallest absolute Gasteiger partial charge is 0.870 e. The van der Waals surface area contributed by atoms with Crippen LogP contribution in [-0.4, -0.2) is 73.8 Å². The van der Waals surface area contributed by atoms with Gasteiger partial charge < -0.3 is 20.8 Å². The van der Waals surface area contributed by atoms with Crippen molar-refractivity contribution in [2.45, 2.75) is 6.92 Å². The van der Waals surface area contributed by atoms with E-state index in [0.29, 0.717) is 34.9 Å². The average molecular weight is 550 g/mol. The molecule has 0 aliphatic rings. The van der Waals surface area contributed by atoms with Gasteiger partial charge in [-0.3, -0.25) is 9.97 Å². The van der Waals surface area contributed by atoms with Gasteiger partial charge >= 0.3 is 30.8 Å². The molecule has 0 amide bonds.